The Balaban J connectivity index is 1.38. The van der Waals surface area contributed by atoms with E-state index in [-0.39, 0.29) is 0 Å². The van der Waals surface area contributed by atoms with E-state index < -0.39 is 0 Å². The van der Waals surface area contributed by atoms with E-state index in [1.165, 1.54) is 0 Å². The van der Waals surface area contributed by atoms with Crippen LogP contribution in [0, 0.1) is 0 Å². The Morgan fingerprint density at radius 2 is 1.14 bits per heavy atom. The number of pyridine rings is 2. The predicted molar refractivity (Wildman–Crippen MR) is 133 cm³/mol. The van der Waals surface area contributed by atoms with E-state index in [0.717, 1.165) is 67.2 Å². The maximum Gasteiger partial charge on any atom is 0.120 e. The Hall–Kier alpha value is -5.31. The lowest BCUT2D eigenvalue weighted by Gasteiger charge is -2.10. The highest BCUT2D eigenvalue weighted by atomic mass is 16.5. The Kier molecular flexibility index (Phi) is 3.75. The number of fused-ring (bicyclic) bond motifs is 1. The van der Waals surface area contributed by atoms with Crippen LogP contribution in [0.3, 0.4) is 0 Å². The minimum atomic E-state index is 0.750. The summed E-state index contributed by atoms with van der Waals surface area (Å²) < 4.78 is 15.1. The number of H-pyrrole nitrogens is 2. The molecular formula is C27H17N7O2. The van der Waals surface area contributed by atoms with E-state index in [1.807, 2.05) is 73.6 Å². The van der Waals surface area contributed by atoms with E-state index in [0.29, 0.717) is 0 Å². The molecule has 0 radical (unpaired) electrons. The molecule has 36 heavy (non-hydrogen) atoms. The molecule has 172 valence electrons. The lowest BCUT2D eigenvalue weighted by molar-refractivity contribution is 0.360. The van der Waals surface area contributed by atoms with Crippen LogP contribution in [-0.2, 0) is 0 Å². The van der Waals surface area contributed by atoms with Crippen molar-refractivity contribution < 1.29 is 9.05 Å². The molecule has 2 aromatic heterocycles. The van der Waals surface area contributed by atoms with Crippen LogP contribution in [-0.4, -0.2) is 34.1 Å². The second-order valence-electron chi connectivity index (χ2n) is 8.55. The summed E-state index contributed by atoms with van der Waals surface area (Å²) in [4.78, 5) is 20.9. The van der Waals surface area contributed by atoms with Crippen molar-refractivity contribution >= 4 is 10.8 Å². The van der Waals surface area contributed by atoms with Crippen molar-refractivity contribution in [1.29, 1.82) is 0 Å². The number of hydrogen-bond acceptors (Lipinski definition) is 5. The van der Waals surface area contributed by atoms with Gasteiger partial charge in [0, 0.05) is 70.2 Å². The first kappa shape index (κ1) is 19.0. The highest BCUT2D eigenvalue weighted by Gasteiger charge is 2.24. The molecule has 0 unspecified atom stereocenters. The van der Waals surface area contributed by atoms with Crippen LogP contribution >= 0.6 is 0 Å². The monoisotopic (exact) mass is 471 g/mol. The molecule has 6 aliphatic heterocycles. The zero-order valence-corrected chi connectivity index (χ0v) is 18.7. The molecule has 8 rings (SSSR count). The van der Waals surface area contributed by atoms with Crippen molar-refractivity contribution in [1.82, 2.24) is 34.1 Å². The molecule has 0 aromatic carbocycles. The summed E-state index contributed by atoms with van der Waals surface area (Å²) in [6.45, 7) is 0. The summed E-state index contributed by atoms with van der Waals surface area (Å²) in [6.07, 6.45) is 16.2. The van der Waals surface area contributed by atoms with Gasteiger partial charge in [-0.05, 0) is 36.4 Å². The second-order valence-corrected chi connectivity index (χ2v) is 8.55. The van der Waals surface area contributed by atoms with E-state index in [1.54, 1.807) is 28.0 Å². The van der Waals surface area contributed by atoms with Crippen molar-refractivity contribution in [2.75, 3.05) is 0 Å². The normalized spacial score (nSPS) is 11.9. The van der Waals surface area contributed by atoms with Gasteiger partial charge in [0.05, 0.1) is 22.8 Å². The summed E-state index contributed by atoms with van der Waals surface area (Å²) in [5, 5.41) is 2.12. The standard InChI is InChI=1S/C27H17N7O2/c1-7-29-24-18(5-11-35-33-9-3-16(1)26(24)33)22-20-13-28-14-21(20)23(32-15-31-22)19-6-12-36-34-10-4-17-2-8-30-25(19)27(17)34/h1-15,29-30H. The first-order chi connectivity index (χ1) is 17.9. The fraction of sp³-hybridized carbons (Fsp3) is 0. The van der Waals surface area contributed by atoms with Crippen molar-refractivity contribution in [2.45, 2.75) is 0 Å². The number of aromatic nitrogens is 7. The van der Waals surface area contributed by atoms with Gasteiger partial charge in [-0.2, -0.15) is 9.15 Å². The molecule has 6 aliphatic rings. The summed E-state index contributed by atoms with van der Waals surface area (Å²) >= 11 is 0. The van der Waals surface area contributed by atoms with Crippen LogP contribution in [0.1, 0.15) is 0 Å². The quantitative estimate of drug-likeness (QED) is 0.322. The molecule has 0 fully saturated rings. The Morgan fingerprint density at radius 1 is 0.611 bits per heavy atom. The summed E-state index contributed by atoms with van der Waals surface area (Å²) in [5.41, 5.74) is 8.69. The van der Waals surface area contributed by atoms with Gasteiger partial charge in [0.1, 0.15) is 30.2 Å². The summed E-state index contributed by atoms with van der Waals surface area (Å²) in [5.74, 6) is 0. The predicted octanol–water partition coefficient (Wildman–Crippen LogP) is 5.99. The van der Waals surface area contributed by atoms with Crippen molar-refractivity contribution in [2.24, 2.45) is 0 Å². The highest BCUT2D eigenvalue weighted by Crippen LogP contribution is 2.42. The lowest BCUT2D eigenvalue weighted by Crippen LogP contribution is -1.94. The average molecular weight is 471 g/mol. The largest absolute Gasteiger partial charge is 0.383 e. The van der Waals surface area contributed by atoms with Crippen LogP contribution in [0.25, 0.3) is 67.2 Å². The molecule has 9 nitrogen and oxygen atoms in total. The third-order valence-electron chi connectivity index (χ3n) is 6.67. The average Bonchev–Trinajstić information content (AvgIpc) is 3.55. The minimum absolute atomic E-state index is 0.750. The molecule has 0 bridgehead atoms. The second kappa shape index (κ2) is 7.09. The van der Waals surface area contributed by atoms with Crippen LogP contribution in [0.2, 0.25) is 0 Å². The molecule has 0 aliphatic carbocycles. The SMILES string of the molecule is c1nc(-c2ccon3ccc4cc[nH]c2-c43)c2cncc-2c(-c2ccon3ccc4cc[nH]c2-c43)n1. The van der Waals surface area contributed by atoms with Gasteiger partial charge in [-0.25, -0.2) is 9.97 Å². The highest BCUT2D eigenvalue weighted by molar-refractivity contribution is 5.97. The fourth-order valence-electron chi connectivity index (χ4n) is 5.09. The zero-order chi connectivity index (χ0) is 23.6. The molecule has 0 saturated carbocycles. The molecule has 9 heteroatoms. The van der Waals surface area contributed by atoms with Crippen molar-refractivity contribution in [3.63, 3.8) is 0 Å². The number of hydrogen-bond donors (Lipinski definition) is 2. The van der Waals surface area contributed by atoms with Gasteiger partial charge in [0.25, 0.3) is 0 Å². The first-order valence-electron chi connectivity index (χ1n) is 11.4. The van der Waals surface area contributed by atoms with E-state index in [9.17, 15) is 0 Å². The van der Waals surface area contributed by atoms with Crippen LogP contribution in [0.15, 0.2) is 101 Å². The molecule has 0 saturated heterocycles. The molecule has 0 amide bonds. The molecule has 0 spiro atoms. The van der Waals surface area contributed by atoms with Crippen LogP contribution in [0.4, 0.5) is 0 Å². The molecule has 0 atom stereocenters. The number of nitrogens with one attached hydrogen (secondary N) is 2. The van der Waals surface area contributed by atoms with Crippen LogP contribution < -0.4 is 0 Å². The van der Waals surface area contributed by atoms with Crippen LogP contribution in [0.5, 0.6) is 0 Å². The van der Waals surface area contributed by atoms with Gasteiger partial charge in [0.15, 0.2) is 0 Å². The summed E-state index contributed by atoms with van der Waals surface area (Å²) in [7, 11) is 0. The molecular weight excluding hydrogens is 454 g/mol. The molecule has 2 N–H and O–H groups in total. The Morgan fingerprint density at radius 3 is 1.67 bits per heavy atom. The summed E-state index contributed by atoms with van der Waals surface area (Å²) in [6, 6.07) is 11.9. The number of rotatable bonds is 2. The third kappa shape index (κ3) is 2.56. The van der Waals surface area contributed by atoms with E-state index in [2.05, 4.69) is 15.0 Å². The fourth-order valence-corrected chi connectivity index (χ4v) is 5.09. The maximum atomic E-state index is 5.82. The van der Waals surface area contributed by atoms with Gasteiger partial charge >= 0.3 is 0 Å². The van der Waals surface area contributed by atoms with Gasteiger partial charge < -0.3 is 19.0 Å². The molecule has 2 aromatic rings. The first-order valence-corrected chi connectivity index (χ1v) is 11.4. The van der Waals surface area contributed by atoms with Gasteiger partial charge in [-0.3, -0.25) is 4.98 Å². The smallest absolute Gasteiger partial charge is 0.120 e. The lowest BCUT2D eigenvalue weighted by atomic mass is 9.97. The number of nitrogens with zero attached hydrogens (tertiary/aromatic N) is 5. The zero-order valence-electron chi connectivity index (χ0n) is 18.7. The number of aromatic amines is 2. The topological polar surface area (TPSA) is 105 Å². The maximum absolute atomic E-state index is 5.82. The van der Waals surface area contributed by atoms with Gasteiger partial charge in [0.2, 0.25) is 0 Å². The van der Waals surface area contributed by atoms with Crippen molar-refractivity contribution in [3.05, 3.63) is 92.4 Å². The van der Waals surface area contributed by atoms with E-state index >= 15 is 0 Å². The van der Waals surface area contributed by atoms with Gasteiger partial charge in [-0.1, -0.05) is 0 Å². The molecule has 8 heterocycles. The van der Waals surface area contributed by atoms with E-state index in [4.69, 9.17) is 19.0 Å². The Labute approximate surface area is 203 Å². The Bertz CT molecular complexity index is 1840. The van der Waals surface area contributed by atoms with Crippen molar-refractivity contribution in [3.8, 4) is 56.4 Å². The van der Waals surface area contributed by atoms with Gasteiger partial charge in [-0.15, -0.1) is 0 Å². The third-order valence-corrected chi connectivity index (χ3v) is 6.67. The minimum Gasteiger partial charge on any atom is -0.383 e.